The summed E-state index contributed by atoms with van der Waals surface area (Å²) in [5, 5.41) is 38.1. The molecule has 0 saturated heterocycles. The molecule has 4 rings (SSSR count). The van der Waals surface area contributed by atoms with Crippen molar-refractivity contribution in [2.24, 2.45) is 0 Å². The lowest BCUT2D eigenvalue weighted by Gasteiger charge is -2.05. The fourth-order valence-electron chi connectivity index (χ4n) is 3.19. The van der Waals surface area contributed by atoms with E-state index in [-0.39, 0.29) is 22.3 Å². The van der Waals surface area contributed by atoms with Crippen molar-refractivity contribution in [2.75, 3.05) is 0 Å². The van der Waals surface area contributed by atoms with Crippen molar-refractivity contribution in [1.82, 2.24) is 0 Å². The van der Waals surface area contributed by atoms with Crippen molar-refractivity contribution >= 4 is 45.4 Å². The van der Waals surface area contributed by atoms with E-state index in [9.17, 15) is 19.2 Å². The summed E-state index contributed by atoms with van der Waals surface area (Å²) in [4.78, 5) is 43.4. The van der Waals surface area contributed by atoms with Gasteiger partial charge >= 0.3 is 23.9 Å². The zero-order valence-corrected chi connectivity index (χ0v) is 16.4. The SMILES string of the molecule is O=C(O)c1ccc2cc(C(=O)O)ccc2c1.O=C(O)c1ccc2ccccc2c1C(=O)O. The molecule has 0 saturated carbocycles. The molecule has 0 aliphatic heterocycles. The third-order valence-electron chi connectivity index (χ3n) is 4.71. The van der Waals surface area contributed by atoms with Crippen LogP contribution in [0.15, 0.2) is 72.8 Å². The lowest BCUT2D eigenvalue weighted by molar-refractivity contribution is 0.0653. The first-order valence-electron chi connectivity index (χ1n) is 9.18. The standard InChI is InChI=1S/2C12H8O4/c13-11(14)9-3-1-7-5-10(12(15)16)4-2-8(7)6-9;13-11(14)9-6-5-7-3-1-2-4-8(7)10(9)12(15)16/h2*1-6H,(H,13,14)(H,15,16). The summed E-state index contributed by atoms with van der Waals surface area (Å²) in [6.07, 6.45) is 0. The summed E-state index contributed by atoms with van der Waals surface area (Å²) in [5.74, 6) is -4.45. The fraction of sp³-hybridized carbons (Fsp3) is 0. The van der Waals surface area contributed by atoms with Crippen molar-refractivity contribution in [2.45, 2.75) is 0 Å². The summed E-state index contributed by atoms with van der Waals surface area (Å²) in [5.41, 5.74) is 0.0305. The van der Waals surface area contributed by atoms with Crippen molar-refractivity contribution in [3.63, 3.8) is 0 Å². The van der Waals surface area contributed by atoms with Gasteiger partial charge in [0.15, 0.2) is 0 Å². The Morgan fingerprint density at radius 2 is 1.00 bits per heavy atom. The fourth-order valence-corrected chi connectivity index (χ4v) is 3.19. The molecule has 0 unspecified atom stereocenters. The van der Waals surface area contributed by atoms with E-state index in [1.165, 1.54) is 30.3 Å². The highest BCUT2D eigenvalue weighted by Crippen LogP contribution is 2.22. The van der Waals surface area contributed by atoms with Gasteiger partial charge in [-0.15, -0.1) is 0 Å². The maximum atomic E-state index is 11.1. The van der Waals surface area contributed by atoms with Crippen LogP contribution in [-0.2, 0) is 0 Å². The van der Waals surface area contributed by atoms with Gasteiger partial charge in [-0.3, -0.25) is 0 Å². The number of hydrogen-bond acceptors (Lipinski definition) is 4. The first-order valence-corrected chi connectivity index (χ1v) is 9.18. The van der Waals surface area contributed by atoms with Gasteiger partial charge in [-0.2, -0.15) is 0 Å². The Morgan fingerprint density at radius 3 is 1.47 bits per heavy atom. The lowest BCUT2D eigenvalue weighted by Crippen LogP contribution is -2.08. The van der Waals surface area contributed by atoms with Gasteiger partial charge in [0.25, 0.3) is 0 Å². The molecule has 8 nitrogen and oxygen atoms in total. The molecule has 4 aromatic carbocycles. The summed E-state index contributed by atoms with van der Waals surface area (Å²) in [6.45, 7) is 0. The largest absolute Gasteiger partial charge is 0.478 e. The van der Waals surface area contributed by atoms with Gasteiger partial charge < -0.3 is 20.4 Å². The van der Waals surface area contributed by atoms with E-state index < -0.39 is 23.9 Å². The first kappa shape index (κ1) is 22.0. The molecule has 0 amide bonds. The van der Waals surface area contributed by atoms with Gasteiger partial charge in [0.05, 0.1) is 22.3 Å². The molecular formula is C24H16O8. The van der Waals surface area contributed by atoms with E-state index in [0.29, 0.717) is 21.5 Å². The maximum absolute atomic E-state index is 11.1. The topological polar surface area (TPSA) is 149 Å². The van der Waals surface area contributed by atoms with E-state index in [2.05, 4.69) is 0 Å². The van der Waals surface area contributed by atoms with Gasteiger partial charge in [0.1, 0.15) is 0 Å². The predicted molar refractivity (Wildman–Crippen MR) is 116 cm³/mol. The molecule has 0 bridgehead atoms. The van der Waals surface area contributed by atoms with E-state index in [0.717, 1.165) is 0 Å². The van der Waals surface area contributed by atoms with E-state index in [4.69, 9.17) is 20.4 Å². The van der Waals surface area contributed by atoms with Crippen LogP contribution >= 0.6 is 0 Å². The molecule has 0 heterocycles. The van der Waals surface area contributed by atoms with Crippen LogP contribution < -0.4 is 0 Å². The van der Waals surface area contributed by atoms with Gasteiger partial charge in [-0.05, 0) is 51.9 Å². The number of carboxylic acid groups (broad SMARTS) is 4. The predicted octanol–water partition coefficient (Wildman–Crippen LogP) is 4.47. The molecular weight excluding hydrogens is 416 g/mol. The summed E-state index contributed by atoms with van der Waals surface area (Å²) >= 11 is 0. The van der Waals surface area contributed by atoms with Crippen LogP contribution in [0.5, 0.6) is 0 Å². The lowest BCUT2D eigenvalue weighted by atomic mass is 9.99. The molecule has 4 N–H and O–H groups in total. The van der Waals surface area contributed by atoms with Gasteiger partial charge in [0, 0.05) is 0 Å². The number of carbonyl (C=O) groups is 4. The number of hydrogen-bond donors (Lipinski definition) is 4. The van der Waals surface area contributed by atoms with Crippen LogP contribution in [0.3, 0.4) is 0 Å². The zero-order valence-electron chi connectivity index (χ0n) is 16.4. The molecule has 160 valence electrons. The molecule has 0 fully saturated rings. The van der Waals surface area contributed by atoms with Crippen LogP contribution in [0, 0.1) is 0 Å². The Labute approximate surface area is 180 Å². The van der Waals surface area contributed by atoms with Crippen molar-refractivity contribution < 1.29 is 39.6 Å². The minimum Gasteiger partial charge on any atom is -0.478 e. The summed E-state index contributed by atoms with van der Waals surface area (Å²) in [6, 6.07) is 18.9. The van der Waals surface area contributed by atoms with Gasteiger partial charge in [-0.1, -0.05) is 42.5 Å². The number of fused-ring (bicyclic) bond motifs is 2. The van der Waals surface area contributed by atoms with E-state index >= 15 is 0 Å². The number of benzene rings is 4. The van der Waals surface area contributed by atoms with Gasteiger partial charge in [-0.25, -0.2) is 19.2 Å². The monoisotopic (exact) mass is 432 g/mol. The number of carboxylic acids is 4. The van der Waals surface area contributed by atoms with Crippen molar-refractivity contribution in [3.8, 4) is 0 Å². The molecule has 0 atom stereocenters. The van der Waals surface area contributed by atoms with Crippen LogP contribution in [0.1, 0.15) is 41.4 Å². The normalized spacial score (nSPS) is 10.2. The maximum Gasteiger partial charge on any atom is 0.337 e. The molecule has 0 aliphatic carbocycles. The van der Waals surface area contributed by atoms with E-state index in [1.807, 2.05) is 0 Å². The first-order chi connectivity index (χ1) is 15.2. The van der Waals surface area contributed by atoms with Crippen molar-refractivity contribution in [3.05, 3.63) is 95.1 Å². The molecule has 8 heteroatoms. The Kier molecular flexibility index (Phi) is 6.16. The Balaban J connectivity index is 0.000000181. The summed E-state index contributed by atoms with van der Waals surface area (Å²) in [7, 11) is 0. The molecule has 0 aromatic heterocycles. The minimum absolute atomic E-state index is 0.161. The zero-order chi connectivity index (χ0) is 23.4. The number of aromatic carboxylic acids is 4. The highest BCUT2D eigenvalue weighted by molar-refractivity contribution is 6.11. The highest BCUT2D eigenvalue weighted by Gasteiger charge is 2.18. The van der Waals surface area contributed by atoms with Gasteiger partial charge in [0.2, 0.25) is 0 Å². The van der Waals surface area contributed by atoms with E-state index in [1.54, 1.807) is 42.5 Å². The van der Waals surface area contributed by atoms with Crippen molar-refractivity contribution in [1.29, 1.82) is 0 Å². The van der Waals surface area contributed by atoms with Crippen LogP contribution in [0.25, 0.3) is 21.5 Å². The molecule has 32 heavy (non-hydrogen) atoms. The smallest absolute Gasteiger partial charge is 0.337 e. The second-order valence-electron chi connectivity index (χ2n) is 6.71. The second-order valence-corrected chi connectivity index (χ2v) is 6.71. The molecule has 0 spiro atoms. The molecule has 0 aliphatic rings. The van der Waals surface area contributed by atoms with Crippen LogP contribution in [0.2, 0.25) is 0 Å². The molecule has 4 aromatic rings. The average molecular weight is 432 g/mol. The minimum atomic E-state index is -1.23. The quantitative estimate of drug-likeness (QED) is 0.369. The van der Waals surface area contributed by atoms with Crippen LogP contribution in [0.4, 0.5) is 0 Å². The summed E-state index contributed by atoms with van der Waals surface area (Å²) < 4.78 is 0. The average Bonchev–Trinajstić information content (AvgIpc) is 2.77. The Bertz CT molecular complexity index is 1330. The Morgan fingerprint density at radius 1 is 0.500 bits per heavy atom. The second kappa shape index (κ2) is 8.97. The number of rotatable bonds is 4. The highest BCUT2D eigenvalue weighted by atomic mass is 16.4. The molecule has 0 radical (unpaired) electrons. The third kappa shape index (κ3) is 4.54. The Hall–Kier alpha value is -4.72. The third-order valence-corrected chi connectivity index (χ3v) is 4.71. The van der Waals surface area contributed by atoms with Crippen LogP contribution in [-0.4, -0.2) is 44.3 Å².